The maximum atomic E-state index is 12.1. The number of nitrogens with zero attached hydrogens (tertiary/aromatic N) is 2. The zero-order valence-corrected chi connectivity index (χ0v) is 15.7. The van der Waals surface area contributed by atoms with Gasteiger partial charge in [0.2, 0.25) is 5.91 Å². The first-order chi connectivity index (χ1) is 12.5. The number of amides is 1. The molecule has 2 aromatic rings. The fourth-order valence-corrected chi connectivity index (χ4v) is 2.45. The van der Waals surface area contributed by atoms with Gasteiger partial charge in [-0.05, 0) is 36.8 Å². The van der Waals surface area contributed by atoms with Crippen LogP contribution in [0, 0.1) is 0 Å². The first kappa shape index (κ1) is 19.3. The molecule has 138 valence electrons. The second-order valence-corrected chi connectivity index (χ2v) is 5.78. The molecule has 0 saturated carbocycles. The molecule has 0 unspecified atom stereocenters. The predicted octanol–water partition coefficient (Wildman–Crippen LogP) is 2.88. The van der Waals surface area contributed by atoms with Crippen LogP contribution in [0.4, 0.5) is 5.82 Å². The van der Waals surface area contributed by atoms with E-state index in [9.17, 15) is 4.79 Å². The molecule has 1 N–H and O–H groups in total. The second kappa shape index (κ2) is 9.46. The van der Waals surface area contributed by atoms with E-state index >= 15 is 0 Å². The number of benzene rings is 1. The van der Waals surface area contributed by atoms with Gasteiger partial charge in [0.05, 0.1) is 13.7 Å². The summed E-state index contributed by atoms with van der Waals surface area (Å²) in [4.78, 5) is 18.4. The maximum Gasteiger partial charge on any atom is 0.244 e. The van der Waals surface area contributed by atoms with Crippen LogP contribution in [0.25, 0.3) is 6.08 Å². The van der Waals surface area contributed by atoms with Crippen molar-refractivity contribution in [1.29, 1.82) is 0 Å². The first-order valence-corrected chi connectivity index (χ1v) is 8.43. The fraction of sp³-hybridized carbons (Fsp3) is 0.300. The number of ether oxygens (including phenoxy) is 2. The van der Waals surface area contributed by atoms with Crippen LogP contribution in [0.5, 0.6) is 11.5 Å². The SMILES string of the molecule is CCOc1ccc(C=CC(=O)NCc2cccnc2N(C)C)cc1OC. The molecule has 26 heavy (non-hydrogen) atoms. The Kier molecular flexibility index (Phi) is 7.02. The molecule has 0 aliphatic rings. The van der Waals surface area contributed by atoms with E-state index in [1.54, 1.807) is 19.4 Å². The number of carbonyl (C=O) groups excluding carboxylic acids is 1. The number of methoxy groups -OCH3 is 1. The van der Waals surface area contributed by atoms with Gasteiger partial charge in [0.1, 0.15) is 5.82 Å². The molecule has 0 aliphatic heterocycles. The van der Waals surface area contributed by atoms with Gasteiger partial charge in [-0.2, -0.15) is 0 Å². The van der Waals surface area contributed by atoms with Crippen LogP contribution in [0.1, 0.15) is 18.1 Å². The van der Waals surface area contributed by atoms with Gasteiger partial charge in [0.15, 0.2) is 11.5 Å². The zero-order chi connectivity index (χ0) is 18.9. The van der Waals surface area contributed by atoms with Crippen molar-refractivity contribution < 1.29 is 14.3 Å². The summed E-state index contributed by atoms with van der Waals surface area (Å²) < 4.78 is 10.8. The van der Waals surface area contributed by atoms with Crippen LogP contribution in [0.2, 0.25) is 0 Å². The Balaban J connectivity index is 2.00. The summed E-state index contributed by atoms with van der Waals surface area (Å²) in [6.07, 6.45) is 4.98. The van der Waals surface area contributed by atoms with Crippen LogP contribution in [-0.2, 0) is 11.3 Å². The highest BCUT2D eigenvalue weighted by Gasteiger charge is 2.07. The average molecular weight is 355 g/mol. The van der Waals surface area contributed by atoms with Gasteiger partial charge in [0.25, 0.3) is 0 Å². The molecule has 1 aromatic heterocycles. The highest BCUT2D eigenvalue weighted by molar-refractivity contribution is 5.91. The van der Waals surface area contributed by atoms with E-state index in [0.29, 0.717) is 24.7 Å². The summed E-state index contributed by atoms with van der Waals surface area (Å²) in [6, 6.07) is 9.35. The molecule has 6 nitrogen and oxygen atoms in total. The number of nitrogens with one attached hydrogen (secondary N) is 1. The van der Waals surface area contributed by atoms with E-state index in [1.165, 1.54) is 6.08 Å². The van der Waals surface area contributed by atoms with Crippen molar-refractivity contribution in [3.8, 4) is 11.5 Å². The van der Waals surface area contributed by atoms with Crippen molar-refractivity contribution in [2.75, 3.05) is 32.7 Å². The Hall–Kier alpha value is -3.02. The van der Waals surface area contributed by atoms with Gasteiger partial charge in [-0.1, -0.05) is 12.1 Å². The summed E-state index contributed by atoms with van der Waals surface area (Å²) in [5, 5.41) is 2.88. The molecule has 1 heterocycles. The lowest BCUT2D eigenvalue weighted by atomic mass is 10.2. The highest BCUT2D eigenvalue weighted by atomic mass is 16.5. The lowest BCUT2D eigenvalue weighted by Gasteiger charge is -2.15. The van der Waals surface area contributed by atoms with Crippen molar-refractivity contribution in [3.63, 3.8) is 0 Å². The summed E-state index contributed by atoms with van der Waals surface area (Å²) in [7, 11) is 5.44. The highest BCUT2D eigenvalue weighted by Crippen LogP contribution is 2.28. The van der Waals surface area contributed by atoms with E-state index in [0.717, 1.165) is 16.9 Å². The number of aromatic nitrogens is 1. The van der Waals surface area contributed by atoms with Crippen LogP contribution >= 0.6 is 0 Å². The van der Waals surface area contributed by atoms with E-state index in [2.05, 4.69) is 10.3 Å². The van der Waals surface area contributed by atoms with E-state index < -0.39 is 0 Å². The fourth-order valence-electron chi connectivity index (χ4n) is 2.45. The Labute approximate surface area is 154 Å². The topological polar surface area (TPSA) is 63.7 Å². The monoisotopic (exact) mass is 355 g/mol. The summed E-state index contributed by atoms with van der Waals surface area (Å²) in [6.45, 7) is 2.90. The van der Waals surface area contributed by atoms with E-state index in [-0.39, 0.29) is 5.91 Å². The Bertz CT molecular complexity index is 773. The lowest BCUT2D eigenvalue weighted by Crippen LogP contribution is -2.22. The van der Waals surface area contributed by atoms with Crippen LogP contribution < -0.4 is 19.7 Å². The number of rotatable bonds is 8. The molecule has 0 fully saturated rings. The smallest absolute Gasteiger partial charge is 0.244 e. The minimum Gasteiger partial charge on any atom is -0.493 e. The number of anilines is 1. The molecule has 0 aliphatic carbocycles. The quantitative estimate of drug-likeness (QED) is 0.738. The van der Waals surface area contributed by atoms with E-state index in [1.807, 2.05) is 56.3 Å². The molecular weight excluding hydrogens is 330 g/mol. The third kappa shape index (κ3) is 5.24. The van der Waals surface area contributed by atoms with Gasteiger partial charge in [-0.25, -0.2) is 4.98 Å². The molecular formula is C20H25N3O3. The normalized spacial score (nSPS) is 10.6. The molecule has 0 spiro atoms. The van der Waals surface area contributed by atoms with Crippen molar-refractivity contribution in [2.24, 2.45) is 0 Å². The van der Waals surface area contributed by atoms with Gasteiger partial charge in [-0.15, -0.1) is 0 Å². The largest absolute Gasteiger partial charge is 0.493 e. The molecule has 2 rings (SSSR count). The molecule has 1 aromatic carbocycles. The lowest BCUT2D eigenvalue weighted by molar-refractivity contribution is -0.116. The van der Waals surface area contributed by atoms with Crippen LogP contribution in [0.15, 0.2) is 42.6 Å². The molecule has 0 atom stereocenters. The minimum absolute atomic E-state index is 0.175. The first-order valence-electron chi connectivity index (χ1n) is 8.43. The van der Waals surface area contributed by atoms with E-state index in [4.69, 9.17) is 9.47 Å². The summed E-state index contributed by atoms with van der Waals surface area (Å²) in [5.74, 6) is 1.99. The summed E-state index contributed by atoms with van der Waals surface area (Å²) in [5.41, 5.74) is 1.82. The third-order valence-electron chi connectivity index (χ3n) is 3.66. The molecule has 0 bridgehead atoms. The molecule has 1 amide bonds. The number of hydrogen-bond donors (Lipinski definition) is 1. The van der Waals surface area contributed by atoms with Gasteiger partial charge >= 0.3 is 0 Å². The number of pyridine rings is 1. The Morgan fingerprint density at radius 2 is 2.08 bits per heavy atom. The van der Waals surface area contributed by atoms with Crippen molar-refractivity contribution in [1.82, 2.24) is 10.3 Å². The Morgan fingerprint density at radius 1 is 1.27 bits per heavy atom. The minimum atomic E-state index is -0.175. The molecule has 0 saturated heterocycles. The second-order valence-electron chi connectivity index (χ2n) is 5.78. The zero-order valence-electron chi connectivity index (χ0n) is 15.7. The van der Waals surface area contributed by atoms with Crippen LogP contribution in [0.3, 0.4) is 0 Å². The van der Waals surface area contributed by atoms with Crippen molar-refractivity contribution >= 4 is 17.8 Å². The maximum absolute atomic E-state index is 12.1. The predicted molar refractivity (Wildman–Crippen MR) is 104 cm³/mol. The molecule has 0 radical (unpaired) electrons. The van der Waals surface area contributed by atoms with Crippen molar-refractivity contribution in [3.05, 3.63) is 53.7 Å². The van der Waals surface area contributed by atoms with Gasteiger partial charge in [-0.3, -0.25) is 4.79 Å². The van der Waals surface area contributed by atoms with Crippen LogP contribution in [-0.4, -0.2) is 38.7 Å². The van der Waals surface area contributed by atoms with Gasteiger partial charge < -0.3 is 19.7 Å². The van der Waals surface area contributed by atoms with Crippen molar-refractivity contribution in [2.45, 2.75) is 13.5 Å². The standard InChI is InChI=1S/C20H25N3O3/c1-5-26-17-10-8-15(13-18(17)25-4)9-11-19(24)22-14-16-7-6-12-21-20(16)23(2)3/h6-13H,5,14H2,1-4H3,(H,22,24). The van der Waals surface area contributed by atoms with Gasteiger partial charge in [0, 0.05) is 38.5 Å². The Morgan fingerprint density at radius 3 is 2.77 bits per heavy atom. The molecule has 6 heteroatoms. The third-order valence-corrected chi connectivity index (χ3v) is 3.66. The number of carbonyl (C=O) groups is 1. The average Bonchev–Trinajstić information content (AvgIpc) is 2.65. The summed E-state index contributed by atoms with van der Waals surface area (Å²) >= 11 is 0. The number of hydrogen-bond acceptors (Lipinski definition) is 5.